The third kappa shape index (κ3) is 5.71. The molecule has 1 atom stereocenters. The van der Waals surface area contributed by atoms with Crippen molar-refractivity contribution in [2.24, 2.45) is 0 Å². The molecule has 0 saturated carbocycles. The maximum Gasteiger partial charge on any atom is 0.494 e. The summed E-state index contributed by atoms with van der Waals surface area (Å²) in [6, 6.07) is 19.9. The molecule has 2 aliphatic rings. The van der Waals surface area contributed by atoms with Crippen LogP contribution in [0.1, 0.15) is 83.4 Å². The average molecular weight is 639 g/mol. The molecule has 1 unspecified atom stereocenters. The Morgan fingerprint density at radius 1 is 0.829 bits per heavy atom. The topological polar surface area (TPSA) is 61.8 Å². The Morgan fingerprint density at radius 2 is 1.41 bits per heavy atom. The van der Waals surface area contributed by atoms with Crippen LogP contribution in [0.5, 0.6) is 0 Å². The molecular weight excluding hydrogens is 599 g/mol. The van der Waals surface area contributed by atoms with Crippen LogP contribution in [0.4, 0.5) is 0 Å². The van der Waals surface area contributed by atoms with Crippen molar-refractivity contribution < 1.29 is 21.9 Å². The van der Waals surface area contributed by atoms with Crippen molar-refractivity contribution in [2.75, 3.05) is 6.61 Å². The van der Waals surface area contributed by atoms with E-state index in [1.165, 1.54) is 22.3 Å². The molecule has 1 saturated heterocycles. The van der Waals surface area contributed by atoms with E-state index in [1.807, 2.05) is 6.92 Å². The number of benzene rings is 3. The lowest BCUT2D eigenvalue weighted by molar-refractivity contribution is 0.00578. The van der Waals surface area contributed by atoms with E-state index in [-0.39, 0.29) is 16.9 Å². The van der Waals surface area contributed by atoms with Crippen LogP contribution in [0.3, 0.4) is 0 Å². The first-order valence-electron chi connectivity index (χ1n) is 14.6. The zero-order chi connectivity index (χ0) is 29.6. The zero-order valence-electron chi connectivity index (χ0n) is 24.9. The lowest BCUT2D eigenvalue weighted by Crippen LogP contribution is -2.41. The Bertz CT molecular complexity index is 1520. The van der Waals surface area contributed by atoms with Crippen LogP contribution in [0.25, 0.3) is 11.1 Å². The minimum Gasteiger partial charge on any atom is -0.399 e. The lowest BCUT2D eigenvalue weighted by Gasteiger charge is -2.33. The fourth-order valence-electron chi connectivity index (χ4n) is 6.07. The van der Waals surface area contributed by atoms with Gasteiger partial charge in [-0.1, -0.05) is 77.7 Å². The number of fused-ring (bicyclic) bond motifs is 3. The Kier molecular flexibility index (Phi) is 8.38. The standard InChI is InChI=1S/C33H40BBrO5S/c1-7-8-18-33(19-9-20-38-41(36,37)26-14-10-23(2)11-15-26)29-21-24(34-39-31(3,4)32(5,6)40-34)12-16-27(29)28-17-13-25(35)22-30(28)33/h10-17,21-22H,7-9,18-20H2,1-6H3. The van der Waals surface area contributed by atoms with Crippen molar-refractivity contribution >= 4 is 38.6 Å². The first-order valence-corrected chi connectivity index (χ1v) is 16.8. The van der Waals surface area contributed by atoms with E-state index >= 15 is 0 Å². The predicted molar refractivity (Wildman–Crippen MR) is 169 cm³/mol. The fourth-order valence-corrected chi connectivity index (χ4v) is 7.37. The second kappa shape index (κ2) is 11.3. The SMILES string of the molecule is CCCCC1(CCCOS(=O)(=O)c2ccc(C)cc2)c2cc(Br)ccc2-c2ccc(B3OC(C)(C)C(C)(C)O3)cc21. The van der Waals surface area contributed by atoms with Crippen molar-refractivity contribution in [3.8, 4) is 11.1 Å². The largest absolute Gasteiger partial charge is 0.494 e. The molecule has 3 aromatic rings. The molecule has 0 N–H and O–H groups in total. The van der Waals surface area contributed by atoms with E-state index < -0.39 is 28.4 Å². The van der Waals surface area contributed by atoms with Gasteiger partial charge in [0, 0.05) is 9.89 Å². The first kappa shape index (κ1) is 30.5. The van der Waals surface area contributed by atoms with Gasteiger partial charge in [-0.15, -0.1) is 0 Å². The van der Waals surface area contributed by atoms with Gasteiger partial charge in [-0.3, -0.25) is 4.18 Å². The number of halogens is 1. The number of hydrogen-bond acceptors (Lipinski definition) is 5. The van der Waals surface area contributed by atoms with Gasteiger partial charge in [0.25, 0.3) is 10.1 Å². The van der Waals surface area contributed by atoms with Gasteiger partial charge in [-0.25, -0.2) is 0 Å². The van der Waals surface area contributed by atoms with Crippen molar-refractivity contribution in [1.82, 2.24) is 0 Å². The first-order chi connectivity index (χ1) is 19.3. The zero-order valence-corrected chi connectivity index (χ0v) is 27.3. The summed E-state index contributed by atoms with van der Waals surface area (Å²) in [6.45, 7) is 12.6. The van der Waals surface area contributed by atoms with Crippen LogP contribution in [-0.4, -0.2) is 33.3 Å². The van der Waals surface area contributed by atoms with Crippen LogP contribution in [0.2, 0.25) is 0 Å². The normalized spacial score (nSPS) is 20.7. The Balaban J connectivity index is 1.48. The van der Waals surface area contributed by atoms with Crippen LogP contribution in [0.15, 0.2) is 70.0 Å². The van der Waals surface area contributed by atoms with Gasteiger partial charge in [0.15, 0.2) is 0 Å². The second-order valence-corrected chi connectivity index (χ2v) is 15.0. The van der Waals surface area contributed by atoms with E-state index in [4.69, 9.17) is 13.5 Å². The second-order valence-electron chi connectivity index (χ2n) is 12.5. The molecule has 1 aliphatic heterocycles. The molecule has 41 heavy (non-hydrogen) atoms. The van der Waals surface area contributed by atoms with Gasteiger partial charge in [0.1, 0.15) is 0 Å². The minimum absolute atomic E-state index is 0.125. The highest BCUT2D eigenvalue weighted by atomic mass is 79.9. The van der Waals surface area contributed by atoms with Crippen LogP contribution >= 0.6 is 15.9 Å². The predicted octanol–water partition coefficient (Wildman–Crippen LogP) is 7.70. The number of hydrogen-bond donors (Lipinski definition) is 0. The third-order valence-corrected chi connectivity index (χ3v) is 10.9. The summed E-state index contributed by atoms with van der Waals surface area (Å²) in [5.74, 6) is 0. The maximum absolute atomic E-state index is 12.9. The minimum atomic E-state index is -3.82. The third-order valence-electron chi connectivity index (χ3n) is 9.13. The average Bonchev–Trinajstić information content (AvgIpc) is 3.31. The highest BCUT2D eigenvalue weighted by Crippen LogP contribution is 2.54. The van der Waals surface area contributed by atoms with Gasteiger partial charge in [0.05, 0.1) is 22.7 Å². The molecule has 0 aromatic heterocycles. The molecule has 0 radical (unpaired) electrons. The molecule has 0 spiro atoms. The lowest BCUT2D eigenvalue weighted by atomic mass is 9.69. The van der Waals surface area contributed by atoms with Gasteiger partial charge in [0.2, 0.25) is 0 Å². The quantitative estimate of drug-likeness (QED) is 0.129. The van der Waals surface area contributed by atoms with Gasteiger partial charge < -0.3 is 9.31 Å². The molecule has 5 nitrogen and oxygen atoms in total. The maximum atomic E-state index is 12.9. The number of aryl methyl sites for hydroxylation is 1. The summed E-state index contributed by atoms with van der Waals surface area (Å²) in [5.41, 5.74) is 5.87. The molecule has 0 amide bonds. The molecule has 8 heteroatoms. The van der Waals surface area contributed by atoms with Gasteiger partial charge in [-0.05, 0) is 106 Å². The highest BCUT2D eigenvalue weighted by molar-refractivity contribution is 9.10. The van der Waals surface area contributed by atoms with E-state index in [1.54, 1.807) is 24.3 Å². The highest BCUT2D eigenvalue weighted by Gasteiger charge is 2.52. The Labute approximate surface area is 254 Å². The molecule has 1 heterocycles. The number of unbranched alkanes of at least 4 members (excludes halogenated alkanes) is 1. The van der Waals surface area contributed by atoms with Crippen LogP contribution in [0, 0.1) is 6.92 Å². The smallest absolute Gasteiger partial charge is 0.399 e. The summed E-state index contributed by atoms with van der Waals surface area (Å²) in [5, 5.41) is 0. The van der Waals surface area contributed by atoms with Crippen molar-refractivity contribution in [3.63, 3.8) is 0 Å². The van der Waals surface area contributed by atoms with Gasteiger partial charge >= 0.3 is 7.12 Å². The fraction of sp³-hybridized carbons (Fsp3) is 0.455. The van der Waals surface area contributed by atoms with E-state index in [0.717, 1.165) is 41.2 Å². The molecule has 3 aromatic carbocycles. The Morgan fingerprint density at radius 3 is 2.05 bits per heavy atom. The molecular formula is C33H40BBrO5S. The van der Waals surface area contributed by atoms with E-state index in [9.17, 15) is 8.42 Å². The van der Waals surface area contributed by atoms with E-state index in [2.05, 4.69) is 86.9 Å². The molecule has 1 fully saturated rings. The molecule has 0 bridgehead atoms. The Hall–Kier alpha value is -1.97. The monoisotopic (exact) mass is 638 g/mol. The molecule has 5 rings (SSSR count). The molecule has 1 aliphatic carbocycles. The summed E-state index contributed by atoms with van der Waals surface area (Å²) in [4.78, 5) is 0.191. The van der Waals surface area contributed by atoms with Gasteiger partial charge in [-0.2, -0.15) is 8.42 Å². The molecule has 218 valence electrons. The number of rotatable bonds is 10. The van der Waals surface area contributed by atoms with Crippen molar-refractivity contribution in [2.45, 2.75) is 95.2 Å². The summed E-state index contributed by atoms with van der Waals surface area (Å²) in [7, 11) is -4.27. The summed E-state index contributed by atoms with van der Waals surface area (Å²) >= 11 is 3.72. The van der Waals surface area contributed by atoms with Crippen LogP contribution in [-0.2, 0) is 29.0 Å². The summed E-state index contributed by atoms with van der Waals surface area (Å²) < 4.78 is 45.2. The van der Waals surface area contributed by atoms with Crippen molar-refractivity contribution in [1.29, 1.82) is 0 Å². The van der Waals surface area contributed by atoms with Crippen LogP contribution < -0.4 is 5.46 Å². The van der Waals surface area contributed by atoms with Crippen molar-refractivity contribution in [3.05, 3.63) is 81.8 Å². The van der Waals surface area contributed by atoms with E-state index in [0.29, 0.717) is 6.42 Å². The summed E-state index contributed by atoms with van der Waals surface area (Å²) in [6.07, 6.45) is 4.43.